The number of alkyl carbamates (subject to hydrolysis) is 3. The van der Waals surface area contributed by atoms with Gasteiger partial charge in [0.05, 0.1) is 35.1 Å². The molecule has 0 aliphatic heterocycles. The number of sulfone groups is 1. The lowest BCUT2D eigenvalue weighted by molar-refractivity contribution is 0.0699. The summed E-state index contributed by atoms with van der Waals surface area (Å²) in [4.78, 5) is 39.7. The van der Waals surface area contributed by atoms with Gasteiger partial charge in [-0.3, -0.25) is 0 Å². The zero-order valence-corrected chi connectivity index (χ0v) is 48.9. The van der Waals surface area contributed by atoms with E-state index in [0.29, 0.717) is 115 Å². The summed E-state index contributed by atoms with van der Waals surface area (Å²) < 4.78 is 95.0. The lowest BCUT2D eigenvalue weighted by atomic mass is 10.2. The van der Waals surface area contributed by atoms with Gasteiger partial charge < -0.3 is 74.9 Å². The van der Waals surface area contributed by atoms with Crippen LogP contribution in [0.3, 0.4) is 0 Å². The number of nitrogens with zero attached hydrogens (tertiary/aromatic N) is 3. The molecule has 0 saturated heterocycles. The molecule has 2 aromatic rings. The Morgan fingerprint density at radius 3 is 1.15 bits per heavy atom. The molecule has 0 radical (unpaired) electrons. The molecule has 0 unspecified atom stereocenters. The van der Waals surface area contributed by atoms with Crippen molar-refractivity contribution in [2.45, 2.75) is 98.2 Å². The van der Waals surface area contributed by atoms with Crippen molar-refractivity contribution in [1.82, 2.24) is 16.0 Å². The standard InChI is InChI=1S/C47H84N6O17SSi3/c1-10-62-72(63-11-2,64-12-3)38-19-29-48-45(54)59-34-32-53(33-35-60-46(55)49-30-20-39-73(65-13-4,66-14-5)67-15-6)43-25-21-41(22-26-43)51-52-42-23-27-44(28-24-42)71(57,58)37-36-61-47(56)50-31-40-74(68-16-7,69-17-8)70-18-9/h21-28H,10-20,29-40H2,1-9H3,(H,48,54)(H,49,55)(H,50,56). The molecule has 2 rings (SSSR count). The average Bonchev–Trinajstić information content (AvgIpc) is 3.36. The van der Waals surface area contributed by atoms with Gasteiger partial charge in [-0.25, -0.2) is 22.8 Å². The molecule has 0 aromatic heterocycles. The molecule has 0 spiro atoms. The molecule has 0 atom stereocenters. The number of rotatable bonds is 42. The van der Waals surface area contributed by atoms with Gasteiger partial charge in [-0.1, -0.05) is 0 Å². The van der Waals surface area contributed by atoms with Crippen molar-refractivity contribution in [3.05, 3.63) is 48.5 Å². The van der Waals surface area contributed by atoms with Gasteiger partial charge in [0.2, 0.25) is 0 Å². The van der Waals surface area contributed by atoms with E-state index in [1.165, 1.54) is 24.3 Å². The first-order valence-corrected chi connectivity index (χ1v) is 33.2. The van der Waals surface area contributed by atoms with Crippen molar-refractivity contribution in [2.75, 3.05) is 123 Å². The van der Waals surface area contributed by atoms with Gasteiger partial charge in [0.1, 0.15) is 19.8 Å². The maximum Gasteiger partial charge on any atom is 0.502 e. The van der Waals surface area contributed by atoms with E-state index in [4.69, 9.17) is 54.0 Å². The second kappa shape index (κ2) is 37.6. The number of nitrogens with one attached hydrogen (secondary N) is 3. The Morgan fingerprint density at radius 2 is 0.784 bits per heavy atom. The number of carbonyl (C=O) groups excluding carboxylic acids is 3. The minimum Gasteiger partial charge on any atom is -0.448 e. The fourth-order valence-electron chi connectivity index (χ4n) is 7.26. The fraction of sp³-hybridized carbons (Fsp3) is 0.681. The first kappa shape index (κ1) is 66.0. The molecule has 422 valence electrons. The molecule has 0 aliphatic carbocycles. The molecule has 23 nitrogen and oxygen atoms in total. The Bertz CT molecular complexity index is 1900. The van der Waals surface area contributed by atoms with Gasteiger partial charge in [-0.15, -0.1) is 0 Å². The van der Waals surface area contributed by atoms with Crippen LogP contribution in [0.25, 0.3) is 0 Å². The highest BCUT2D eigenvalue weighted by Crippen LogP contribution is 2.25. The summed E-state index contributed by atoms with van der Waals surface area (Å²) in [7, 11) is -12.5. The van der Waals surface area contributed by atoms with E-state index in [0.717, 1.165) is 5.69 Å². The monoisotopic (exact) mass is 1120 g/mol. The number of azo groups is 1. The second-order valence-electron chi connectivity index (χ2n) is 15.6. The lowest BCUT2D eigenvalue weighted by Crippen LogP contribution is -2.48. The van der Waals surface area contributed by atoms with E-state index in [2.05, 4.69) is 26.2 Å². The first-order chi connectivity index (χ1) is 35.7. The maximum absolute atomic E-state index is 13.0. The van der Waals surface area contributed by atoms with Crippen LogP contribution in [0.15, 0.2) is 63.7 Å². The summed E-state index contributed by atoms with van der Waals surface area (Å²) in [6.07, 6.45) is -0.796. The number of hydrogen-bond acceptors (Lipinski definition) is 20. The highest BCUT2D eigenvalue weighted by molar-refractivity contribution is 7.91. The highest BCUT2D eigenvalue weighted by atomic mass is 32.2. The predicted octanol–water partition coefficient (Wildman–Crippen LogP) is 7.79. The largest absolute Gasteiger partial charge is 0.502 e. The van der Waals surface area contributed by atoms with Gasteiger partial charge in [0, 0.05) is 103 Å². The summed E-state index contributed by atoms with van der Waals surface area (Å²) in [6.45, 7) is 21.9. The van der Waals surface area contributed by atoms with Crippen LogP contribution >= 0.6 is 0 Å². The van der Waals surface area contributed by atoms with E-state index < -0.39 is 60.3 Å². The van der Waals surface area contributed by atoms with Crippen molar-refractivity contribution in [2.24, 2.45) is 10.2 Å². The van der Waals surface area contributed by atoms with Gasteiger partial charge in [-0.2, -0.15) is 10.2 Å². The van der Waals surface area contributed by atoms with E-state index in [1.807, 2.05) is 67.2 Å². The van der Waals surface area contributed by atoms with Crippen molar-refractivity contribution in [3.8, 4) is 0 Å². The zero-order chi connectivity index (χ0) is 54.6. The predicted molar refractivity (Wildman–Crippen MR) is 285 cm³/mol. The Labute approximate surface area is 442 Å². The quantitative estimate of drug-likeness (QED) is 0.0248. The van der Waals surface area contributed by atoms with Gasteiger partial charge >= 0.3 is 44.7 Å². The summed E-state index contributed by atoms with van der Waals surface area (Å²) >= 11 is 0. The summed E-state index contributed by atoms with van der Waals surface area (Å²) in [5.74, 6) is -0.428. The molecule has 2 aromatic carbocycles. The molecular formula is C47H84N6O17SSi3. The van der Waals surface area contributed by atoms with E-state index in [-0.39, 0.29) is 44.4 Å². The molecule has 3 amide bonds. The van der Waals surface area contributed by atoms with E-state index in [9.17, 15) is 22.8 Å². The number of amides is 3. The Kier molecular flexibility index (Phi) is 33.5. The maximum atomic E-state index is 13.0. The van der Waals surface area contributed by atoms with Crippen LogP contribution in [-0.4, -0.2) is 171 Å². The van der Waals surface area contributed by atoms with Gasteiger partial charge in [0.25, 0.3) is 0 Å². The molecule has 0 fully saturated rings. The van der Waals surface area contributed by atoms with E-state index in [1.54, 1.807) is 24.3 Å². The Balaban J connectivity index is 2.04. The third kappa shape index (κ3) is 25.6. The molecule has 0 saturated carbocycles. The SMILES string of the molecule is CCO[Si](CCCNC(=O)OCCN(CCOC(=O)NCCC[Si](OCC)(OCC)OCC)c1ccc(N=Nc2ccc(S(=O)(=O)CCOC(=O)NCC[Si](OCC)(OCC)OCC)cc2)cc1)(OCC)OCC. The third-order valence-corrected chi connectivity index (χ3v) is 21.3. The minimum atomic E-state index is -3.79. The van der Waals surface area contributed by atoms with Crippen LogP contribution < -0.4 is 20.9 Å². The van der Waals surface area contributed by atoms with Gasteiger partial charge in [0.15, 0.2) is 9.84 Å². The molecule has 0 heterocycles. The molecule has 0 aliphatic rings. The fourth-order valence-corrected chi connectivity index (χ4v) is 16.0. The summed E-state index contributed by atoms with van der Waals surface area (Å²) in [6, 6.07) is 14.4. The zero-order valence-electron chi connectivity index (χ0n) is 45.1. The third-order valence-electron chi connectivity index (χ3n) is 10.3. The van der Waals surface area contributed by atoms with Gasteiger partial charge in [-0.05, 0) is 124 Å². The van der Waals surface area contributed by atoms with Crippen molar-refractivity contribution < 1.29 is 76.8 Å². The van der Waals surface area contributed by atoms with E-state index >= 15 is 0 Å². The average molecular weight is 1120 g/mol. The second-order valence-corrected chi connectivity index (χ2v) is 25.9. The van der Waals surface area contributed by atoms with Crippen LogP contribution in [0.1, 0.15) is 75.2 Å². The molecule has 74 heavy (non-hydrogen) atoms. The normalized spacial score (nSPS) is 12.2. The van der Waals surface area contributed by atoms with Crippen molar-refractivity contribution in [3.63, 3.8) is 0 Å². The summed E-state index contributed by atoms with van der Waals surface area (Å²) in [5.41, 5.74) is 1.64. The topological polar surface area (TPSA) is 260 Å². The smallest absolute Gasteiger partial charge is 0.448 e. The van der Waals surface area contributed by atoms with Crippen LogP contribution in [0.2, 0.25) is 18.1 Å². The van der Waals surface area contributed by atoms with Crippen molar-refractivity contribution in [1.29, 1.82) is 0 Å². The number of ether oxygens (including phenoxy) is 3. The van der Waals surface area contributed by atoms with Crippen LogP contribution in [0.5, 0.6) is 0 Å². The Hall–Kier alpha value is -4.11. The summed E-state index contributed by atoms with van der Waals surface area (Å²) in [5, 5.41) is 16.7. The highest BCUT2D eigenvalue weighted by Gasteiger charge is 2.41. The lowest BCUT2D eigenvalue weighted by Gasteiger charge is -2.28. The minimum absolute atomic E-state index is 0.0239. The van der Waals surface area contributed by atoms with Crippen LogP contribution in [0.4, 0.5) is 31.4 Å². The number of carbonyl (C=O) groups is 3. The molecule has 3 N–H and O–H groups in total. The van der Waals surface area contributed by atoms with Crippen LogP contribution in [0, 0.1) is 0 Å². The van der Waals surface area contributed by atoms with Crippen LogP contribution in [-0.2, 0) is 63.9 Å². The molecule has 0 bridgehead atoms. The number of anilines is 1. The number of benzene rings is 2. The molecular weight excluding hydrogens is 1040 g/mol. The van der Waals surface area contributed by atoms with Crippen molar-refractivity contribution >= 4 is 71.6 Å². The first-order valence-electron chi connectivity index (χ1n) is 25.7. The Morgan fingerprint density at radius 1 is 0.459 bits per heavy atom. The molecule has 27 heteroatoms. The number of hydrogen-bond donors (Lipinski definition) is 3.